The molecule has 0 bridgehead atoms. The summed E-state index contributed by atoms with van der Waals surface area (Å²) < 4.78 is 5.57. The van der Waals surface area contributed by atoms with E-state index in [1.807, 2.05) is 38.1 Å². The lowest BCUT2D eigenvalue weighted by Gasteiger charge is -2.17. The van der Waals surface area contributed by atoms with Gasteiger partial charge in [-0.05, 0) is 49.7 Å². The van der Waals surface area contributed by atoms with E-state index in [0.717, 1.165) is 17.9 Å². The number of nitrogens with one attached hydrogen (secondary N) is 2. The van der Waals surface area contributed by atoms with Gasteiger partial charge in [-0.1, -0.05) is 19.1 Å². The maximum Gasteiger partial charge on any atom is 0.253 e. The molecule has 7 heteroatoms. The highest BCUT2D eigenvalue weighted by molar-refractivity contribution is 6.07. The average molecular weight is 409 g/mol. The summed E-state index contributed by atoms with van der Waals surface area (Å²) in [6, 6.07) is 14.2. The number of benzene rings is 2. The van der Waals surface area contributed by atoms with E-state index < -0.39 is 5.92 Å². The van der Waals surface area contributed by atoms with Gasteiger partial charge < -0.3 is 20.3 Å². The first-order valence-electron chi connectivity index (χ1n) is 10.2. The van der Waals surface area contributed by atoms with Crippen LogP contribution in [0.3, 0.4) is 0 Å². The molecule has 2 N–H and O–H groups in total. The van der Waals surface area contributed by atoms with E-state index in [1.165, 1.54) is 0 Å². The van der Waals surface area contributed by atoms with Crippen molar-refractivity contribution in [2.75, 3.05) is 29.9 Å². The number of nitrogens with zero attached hydrogens (tertiary/aromatic N) is 1. The van der Waals surface area contributed by atoms with Crippen LogP contribution in [0.2, 0.25) is 0 Å². The Morgan fingerprint density at radius 3 is 2.53 bits per heavy atom. The number of para-hydroxylation sites is 1. The summed E-state index contributed by atoms with van der Waals surface area (Å²) in [6.45, 7) is 5.30. The highest BCUT2D eigenvalue weighted by atomic mass is 16.5. The van der Waals surface area contributed by atoms with Crippen LogP contribution in [0, 0.1) is 5.92 Å². The molecule has 1 aliphatic heterocycles. The van der Waals surface area contributed by atoms with Gasteiger partial charge in [0.15, 0.2) is 0 Å². The number of rotatable bonds is 8. The molecule has 1 aliphatic rings. The summed E-state index contributed by atoms with van der Waals surface area (Å²) in [6.07, 6.45) is 1.05. The van der Waals surface area contributed by atoms with Crippen LogP contribution in [0.4, 0.5) is 11.4 Å². The largest absolute Gasteiger partial charge is 0.494 e. The van der Waals surface area contributed by atoms with Crippen molar-refractivity contribution in [2.45, 2.75) is 26.7 Å². The van der Waals surface area contributed by atoms with Gasteiger partial charge in [-0.3, -0.25) is 14.4 Å². The number of hydrogen-bond acceptors (Lipinski definition) is 4. The molecule has 3 rings (SSSR count). The van der Waals surface area contributed by atoms with E-state index in [4.69, 9.17) is 4.74 Å². The van der Waals surface area contributed by atoms with Crippen molar-refractivity contribution < 1.29 is 19.1 Å². The van der Waals surface area contributed by atoms with Crippen molar-refractivity contribution in [2.24, 2.45) is 5.92 Å². The van der Waals surface area contributed by atoms with Gasteiger partial charge in [0.05, 0.1) is 23.8 Å². The van der Waals surface area contributed by atoms with Crippen LogP contribution >= 0.6 is 0 Å². The number of carbonyl (C=O) groups excluding carboxylic acids is 3. The topological polar surface area (TPSA) is 87.7 Å². The van der Waals surface area contributed by atoms with Gasteiger partial charge >= 0.3 is 0 Å². The lowest BCUT2D eigenvalue weighted by atomic mass is 10.1. The fourth-order valence-corrected chi connectivity index (χ4v) is 3.36. The van der Waals surface area contributed by atoms with Gasteiger partial charge in [0, 0.05) is 25.2 Å². The summed E-state index contributed by atoms with van der Waals surface area (Å²) in [5.41, 5.74) is 1.58. The monoisotopic (exact) mass is 409 g/mol. The van der Waals surface area contributed by atoms with Crippen LogP contribution in [0.5, 0.6) is 5.75 Å². The molecule has 2 aromatic rings. The number of amides is 3. The molecular weight excluding hydrogens is 382 g/mol. The normalized spacial score (nSPS) is 15.7. The summed E-state index contributed by atoms with van der Waals surface area (Å²) in [7, 11) is 0. The third-order valence-corrected chi connectivity index (χ3v) is 4.88. The second kappa shape index (κ2) is 9.91. The third kappa shape index (κ3) is 4.97. The molecule has 3 amide bonds. The van der Waals surface area contributed by atoms with Crippen molar-refractivity contribution in [3.63, 3.8) is 0 Å². The molecule has 7 nitrogen and oxygen atoms in total. The fourth-order valence-electron chi connectivity index (χ4n) is 3.36. The molecular formula is C23H27N3O4. The zero-order valence-corrected chi connectivity index (χ0v) is 17.3. The first kappa shape index (κ1) is 21.4. The van der Waals surface area contributed by atoms with E-state index in [0.29, 0.717) is 30.9 Å². The molecule has 0 unspecified atom stereocenters. The number of ether oxygens (including phenoxy) is 1. The van der Waals surface area contributed by atoms with Gasteiger partial charge in [-0.2, -0.15) is 0 Å². The molecule has 0 spiro atoms. The quantitative estimate of drug-likeness (QED) is 0.701. The van der Waals surface area contributed by atoms with Crippen LogP contribution in [0.25, 0.3) is 0 Å². The Kier molecular flexibility index (Phi) is 7.06. The van der Waals surface area contributed by atoms with Crippen LogP contribution < -0.4 is 20.3 Å². The maximum absolute atomic E-state index is 12.8. The summed E-state index contributed by atoms with van der Waals surface area (Å²) in [5, 5.41) is 5.55. The van der Waals surface area contributed by atoms with Crippen molar-refractivity contribution in [3.05, 3.63) is 54.1 Å². The third-order valence-electron chi connectivity index (χ3n) is 4.88. The van der Waals surface area contributed by atoms with Crippen molar-refractivity contribution in [1.29, 1.82) is 0 Å². The minimum atomic E-state index is -0.490. The highest BCUT2D eigenvalue weighted by Crippen LogP contribution is 2.28. The van der Waals surface area contributed by atoms with Gasteiger partial charge in [0.2, 0.25) is 11.8 Å². The van der Waals surface area contributed by atoms with E-state index in [2.05, 4.69) is 10.6 Å². The Morgan fingerprint density at radius 2 is 1.83 bits per heavy atom. The van der Waals surface area contributed by atoms with Crippen molar-refractivity contribution in [3.8, 4) is 5.75 Å². The Morgan fingerprint density at radius 1 is 1.10 bits per heavy atom. The minimum absolute atomic E-state index is 0.102. The number of hydrogen-bond donors (Lipinski definition) is 2. The zero-order chi connectivity index (χ0) is 21.5. The van der Waals surface area contributed by atoms with Crippen LogP contribution in [0.15, 0.2) is 48.5 Å². The Labute approximate surface area is 176 Å². The minimum Gasteiger partial charge on any atom is -0.494 e. The van der Waals surface area contributed by atoms with Crippen LogP contribution in [-0.4, -0.2) is 37.4 Å². The first-order valence-corrected chi connectivity index (χ1v) is 10.2. The highest BCUT2D eigenvalue weighted by Gasteiger charge is 2.35. The molecule has 0 saturated carbocycles. The average Bonchev–Trinajstić information content (AvgIpc) is 3.15. The van der Waals surface area contributed by atoms with Crippen LogP contribution in [-0.2, 0) is 9.59 Å². The molecule has 1 saturated heterocycles. The molecule has 0 aliphatic carbocycles. The van der Waals surface area contributed by atoms with Crippen molar-refractivity contribution in [1.82, 2.24) is 5.32 Å². The first-order chi connectivity index (χ1) is 14.5. The second-order valence-corrected chi connectivity index (χ2v) is 7.14. The van der Waals surface area contributed by atoms with Gasteiger partial charge in [0.25, 0.3) is 5.91 Å². The summed E-state index contributed by atoms with van der Waals surface area (Å²) >= 11 is 0. The number of anilines is 2. The standard InChI is InChI=1S/C23H27N3O4/c1-3-13-30-18-11-9-17(10-12-18)26-15-16(14-21(26)27)22(28)25-20-8-6-5-7-19(20)23(29)24-4-2/h5-12,16H,3-4,13-15H2,1-2H3,(H,24,29)(H,25,28)/t16-/m1/s1. The van der Waals surface area contributed by atoms with Crippen molar-refractivity contribution >= 4 is 29.1 Å². The molecule has 0 radical (unpaired) electrons. The summed E-state index contributed by atoms with van der Waals surface area (Å²) in [5.74, 6) is -0.359. The smallest absolute Gasteiger partial charge is 0.253 e. The maximum atomic E-state index is 12.8. The Balaban J connectivity index is 1.67. The molecule has 1 atom stereocenters. The number of carbonyl (C=O) groups is 3. The molecule has 1 heterocycles. The molecule has 0 aromatic heterocycles. The SMILES string of the molecule is CCCOc1ccc(N2C[C@H](C(=O)Nc3ccccc3C(=O)NCC)CC2=O)cc1. The fraction of sp³-hybridized carbons (Fsp3) is 0.348. The van der Waals surface area contributed by atoms with Gasteiger partial charge in [-0.25, -0.2) is 0 Å². The molecule has 158 valence electrons. The molecule has 30 heavy (non-hydrogen) atoms. The Bertz CT molecular complexity index is 911. The van der Waals surface area contributed by atoms with E-state index >= 15 is 0 Å². The zero-order valence-electron chi connectivity index (χ0n) is 17.3. The lowest BCUT2D eigenvalue weighted by molar-refractivity contribution is -0.122. The Hall–Kier alpha value is -3.35. The van der Waals surface area contributed by atoms with Gasteiger partial charge in [-0.15, -0.1) is 0 Å². The van der Waals surface area contributed by atoms with E-state index in [1.54, 1.807) is 29.2 Å². The van der Waals surface area contributed by atoms with Gasteiger partial charge in [0.1, 0.15) is 5.75 Å². The second-order valence-electron chi connectivity index (χ2n) is 7.14. The van der Waals surface area contributed by atoms with Crippen LogP contribution in [0.1, 0.15) is 37.0 Å². The molecule has 1 fully saturated rings. The summed E-state index contributed by atoms with van der Waals surface area (Å²) in [4.78, 5) is 39.1. The predicted molar refractivity (Wildman–Crippen MR) is 116 cm³/mol. The molecule has 2 aromatic carbocycles. The lowest BCUT2D eigenvalue weighted by Crippen LogP contribution is -2.29. The van der Waals surface area contributed by atoms with E-state index in [-0.39, 0.29) is 24.1 Å². The predicted octanol–water partition coefficient (Wildman–Crippen LogP) is 3.22. The van der Waals surface area contributed by atoms with E-state index in [9.17, 15) is 14.4 Å².